The number of carbonyl (C=O) groups excluding carboxylic acids is 1. The molecule has 1 aromatic carbocycles. The van der Waals surface area contributed by atoms with Gasteiger partial charge in [-0.3, -0.25) is 9.48 Å². The number of fused-ring (bicyclic) bond motifs is 3. The highest BCUT2D eigenvalue weighted by molar-refractivity contribution is 6.06. The van der Waals surface area contributed by atoms with Crippen LogP contribution in [-0.2, 0) is 7.05 Å². The molecule has 6 nitrogen and oxygen atoms in total. The minimum Gasteiger partial charge on any atom is -0.506 e. The largest absolute Gasteiger partial charge is 0.506 e. The smallest absolute Gasteiger partial charge is 0.272 e. The molecule has 2 bridgehead atoms. The number of rotatable bonds is 2. The molecule has 0 spiro atoms. The van der Waals surface area contributed by atoms with Crippen LogP contribution in [0.25, 0.3) is 10.9 Å². The molecule has 24 heavy (non-hydrogen) atoms. The van der Waals surface area contributed by atoms with Gasteiger partial charge in [-0.25, -0.2) is 0 Å². The van der Waals surface area contributed by atoms with E-state index in [9.17, 15) is 9.90 Å². The summed E-state index contributed by atoms with van der Waals surface area (Å²) in [6.07, 6.45) is 5.65. The van der Waals surface area contributed by atoms with E-state index >= 15 is 0 Å². The van der Waals surface area contributed by atoms with E-state index < -0.39 is 0 Å². The van der Waals surface area contributed by atoms with Crippen molar-refractivity contribution in [1.29, 1.82) is 0 Å². The molecule has 0 radical (unpaired) electrons. The number of phenols is 1. The summed E-state index contributed by atoms with van der Waals surface area (Å²) in [6.45, 7) is 0. The van der Waals surface area contributed by atoms with Crippen LogP contribution in [0, 0.1) is 0 Å². The third-order valence-electron chi connectivity index (χ3n) is 5.11. The molecule has 2 aromatic rings. The Kier molecular flexibility index (Phi) is 4.69. The van der Waals surface area contributed by atoms with E-state index in [0.29, 0.717) is 28.7 Å². The van der Waals surface area contributed by atoms with Crippen LogP contribution in [0.3, 0.4) is 0 Å². The first-order valence-corrected chi connectivity index (χ1v) is 8.33. The molecule has 2 aliphatic rings. The van der Waals surface area contributed by atoms with Crippen molar-refractivity contribution in [3.8, 4) is 5.75 Å². The number of aromatic hydroxyl groups is 1. The Hall–Kier alpha value is -1.79. The molecule has 3 heterocycles. The standard InChI is InChI=1S/C17H22N4O2.ClH/c1-21-16-13(6-3-7-14(16)22)15(20-21)17(23)19-12-8-10-4-2-5-11(9-12)18-10;/h3,6-7,10-12,18,22H,2,4-5,8-9H2,1H3,(H,19,23);1H. The van der Waals surface area contributed by atoms with E-state index in [1.54, 1.807) is 23.9 Å². The summed E-state index contributed by atoms with van der Waals surface area (Å²) in [5, 5.41) is 21.8. The SMILES string of the molecule is Cl.Cn1nc(C(=O)NC2CC3CCCC(C2)N3)c2cccc(O)c21. The third kappa shape index (κ3) is 2.96. The minimum atomic E-state index is -0.147. The van der Waals surface area contributed by atoms with Crippen LogP contribution in [0.5, 0.6) is 5.75 Å². The fourth-order valence-corrected chi connectivity index (χ4v) is 4.12. The second kappa shape index (κ2) is 6.61. The monoisotopic (exact) mass is 350 g/mol. The number of aryl methyl sites for hydroxylation is 1. The van der Waals surface area contributed by atoms with Gasteiger partial charge in [0.15, 0.2) is 5.69 Å². The van der Waals surface area contributed by atoms with Gasteiger partial charge in [-0.1, -0.05) is 18.6 Å². The molecule has 130 valence electrons. The number of hydrogen-bond acceptors (Lipinski definition) is 4. The number of halogens is 1. The van der Waals surface area contributed by atoms with Crippen molar-refractivity contribution in [2.24, 2.45) is 7.05 Å². The number of nitrogens with zero attached hydrogens (tertiary/aromatic N) is 2. The summed E-state index contributed by atoms with van der Waals surface area (Å²) in [7, 11) is 1.74. The van der Waals surface area contributed by atoms with Crippen LogP contribution < -0.4 is 10.6 Å². The Morgan fingerprint density at radius 1 is 1.33 bits per heavy atom. The van der Waals surface area contributed by atoms with E-state index in [1.165, 1.54) is 19.3 Å². The zero-order valence-corrected chi connectivity index (χ0v) is 14.5. The second-order valence-electron chi connectivity index (χ2n) is 6.78. The average molecular weight is 351 g/mol. The van der Waals surface area contributed by atoms with Crippen molar-refractivity contribution in [2.75, 3.05) is 0 Å². The Bertz CT molecular complexity index is 748. The van der Waals surface area contributed by atoms with E-state index in [0.717, 1.165) is 12.8 Å². The highest BCUT2D eigenvalue weighted by Gasteiger charge is 2.32. The van der Waals surface area contributed by atoms with Gasteiger partial charge in [0.1, 0.15) is 11.3 Å². The summed E-state index contributed by atoms with van der Waals surface area (Å²) >= 11 is 0. The predicted molar refractivity (Wildman–Crippen MR) is 94.7 cm³/mol. The number of carbonyl (C=O) groups is 1. The molecule has 1 aromatic heterocycles. The highest BCUT2D eigenvalue weighted by atomic mass is 35.5. The molecule has 2 aliphatic heterocycles. The van der Waals surface area contributed by atoms with Gasteiger partial charge in [0.2, 0.25) is 0 Å². The van der Waals surface area contributed by atoms with E-state index in [-0.39, 0.29) is 30.1 Å². The van der Waals surface area contributed by atoms with Crippen LogP contribution in [0.4, 0.5) is 0 Å². The lowest BCUT2D eigenvalue weighted by atomic mass is 9.84. The van der Waals surface area contributed by atoms with Gasteiger partial charge in [-0.05, 0) is 31.7 Å². The fraction of sp³-hybridized carbons (Fsp3) is 0.529. The maximum Gasteiger partial charge on any atom is 0.272 e. The molecule has 7 heteroatoms. The lowest BCUT2D eigenvalue weighted by Gasteiger charge is -2.40. The molecule has 2 fully saturated rings. The fourth-order valence-electron chi connectivity index (χ4n) is 4.12. The number of nitrogens with one attached hydrogen (secondary N) is 2. The second-order valence-corrected chi connectivity index (χ2v) is 6.78. The normalized spacial score (nSPS) is 26.0. The van der Waals surface area contributed by atoms with Crippen LogP contribution in [-0.4, -0.2) is 38.9 Å². The van der Waals surface area contributed by atoms with Crippen molar-refractivity contribution in [2.45, 2.75) is 50.2 Å². The molecule has 0 saturated carbocycles. The van der Waals surface area contributed by atoms with E-state index in [1.807, 2.05) is 6.07 Å². The summed E-state index contributed by atoms with van der Waals surface area (Å²) < 4.78 is 1.57. The topological polar surface area (TPSA) is 79.2 Å². The number of amides is 1. The van der Waals surface area contributed by atoms with Crippen molar-refractivity contribution < 1.29 is 9.90 Å². The lowest BCUT2D eigenvalue weighted by molar-refractivity contribution is 0.0903. The number of aromatic nitrogens is 2. The van der Waals surface area contributed by atoms with Crippen LogP contribution in [0.15, 0.2) is 18.2 Å². The van der Waals surface area contributed by atoms with Crippen LogP contribution in [0.1, 0.15) is 42.6 Å². The van der Waals surface area contributed by atoms with E-state index in [2.05, 4.69) is 15.7 Å². The highest BCUT2D eigenvalue weighted by Crippen LogP contribution is 2.28. The predicted octanol–water partition coefficient (Wildman–Crippen LogP) is 2.10. The van der Waals surface area contributed by atoms with Gasteiger partial charge >= 0.3 is 0 Å². The summed E-state index contributed by atoms with van der Waals surface area (Å²) in [6, 6.07) is 6.43. The minimum absolute atomic E-state index is 0. The molecule has 2 unspecified atom stereocenters. The summed E-state index contributed by atoms with van der Waals surface area (Å²) in [5.41, 5.74) is 0.988. The first-order chi connectivity index (χ1) is 11.1. The molecule has 3 N–H and O–H groups in total. The third-order valence-corrected chi connectivity index (χ3v) is 5.11. The van der Waals surface area contributed by atoms with Crippen molar-refractivity contribution >= 4 is 29.2 Å². The van der Waals surface area contributed by atoms with Gasteiger partial charge < -0.3 is 15.7 Å². The van der Waals surface area contributed by atoms with Crippen molar-refractivity contribution in [3.05, 3.63) is 23.9 Å². The molecular weight excluding hydrogens is 328 g/mol. The van der Waals surface area contributed by atoms with Gasteiger partial charge in [0.25, 0.3) is 5.91 Å². The van der Waals surface area contributed by atoms with Crippen LogP contribution in [0.2, 0.25) is 0 Å². The molecule has 0 aliphatic carbocycles. The Morgan fingerprint density at radius 3 is 2.75 bits per heavy atom. The molecule has 2 saturated heterocycles. The van der Waals surface area contributed by atoms with Gasteiger partial charge in [0.05, 0.1) is 0 Å². The number of para-hydroxylation sites is 1. The van der Waals surface area contributed by atoms with E-state index in [4.69, 9.17) is 0 Å². The summed E-state index contributed by atoms with van der Waals surface area (Å²) in [4.78, 5) is 12.7. The quantitative estimate of drug-likeness (QED) is 0.775. The van der Waals surface area contributed by atoms with Gasteiger partial charge in [-0.2, -0.15) is 5.10 Å². The Morgan fingerprint density at radius 2 is 2.04 bits per heavy atom. The van der Waals surface area contributed by atoms with Crippen molar-refractivity contribution in [3.63, 3.8) is 0 Å². The van der Waals surface area contributed by atoms with Gasteiger partial charge in [-0.15, -0.1) is 12.4 Å². The zero-order chi connectivity index (χ0) is 16.0. The zero-order valence-electron chi connectivity index (χ0n) is 13.7. The molecule has 1 amide bonds. The number of piperidine rings is 2. The number of hydrogen-bond donors (Lipinski definition) is 3. The lowest BCUT2D eigenvalue weighted by Crippen LogP contribution is -2.54. The first kappa shape index (κ1) is 17.0. The molecule has 4 rings (SSSR count). The number of phenolic OH excluding ortho intramolecular Hbond substituents is 1. The molecular formula is C17H23ClN4O2. The Balaban J connectivity index is 0.00000169. The number of benzene rings is 1. The maximum absolute atomic E-state index is 12.7. The molecule has 2 atom stereocenters. The van der Waals surface area contributed by atoms with Crippen LogP contribution >= 0.6 is 12.4 Å². The van der Waals surface area contributed by atoms with Crippen molar-refractivity contribution in [1.82, 2.24) is 20.4 Å². The van der Waals surface area contributed by atoms with Gasteiger partial charge in [0, 0.05) is 30.6 Å². The maximum atomic E-state index is 12.7. The summed E-state index contributed by atoms with van der Waals surface area (Å²) in [5.74, 6) is -0.000813. The Labute approximate surface area is 147 Å². The average Bonchev–Trinajstić information content (AvgIpc) is 2.85. The first-order valence-electron chi connectivity index (χ1n) is 8.33.